The lowest BCUT2D eigenvalue weighted by Gasteiger charge is -2.33. The number of rotatable bonds is 7. The van der Waals surface area contributed by atoms with E-state index in [9.17, 15) is 0 Å². The third kappa shape index (κ3) is 5.46. The van der Waals surface area contributed by atoms with Crippen LogP contribution in [0.1, 0.15) is 12.0 Å². The monoisotopic (exact) mass is 404 g/mol. The number of hydrogen-bond donors (Lipinski definition) is 1. The van der Waals surface area contributed by atoms with Crippen LogP contribution in [-0.4, -0.2) is 44.3 Å². The van der Waals surface area contributed by atoms with E-state index >= 15 is 0 Å². The minimum atomic E-state index is 0.460. The van der Waals surface area contributed by atoms with Gasteiger partial charge in [-0.05, 0) is 40.0 Å². The Hall–Kier alpha value is -1.56. The van der Waals surface area contributed by atoms with E-state index in [0.29, 0.717) is 12.6 Å². The Morgan fingerprint density at radius 1 is 1.20 bits per heavy atom. The second-order valence-corrected chi connectivity index (χ2v) is 7.16. The number of ether oxygens (including phenoxy) is 2. The molecule has 1 heterocycles. The van der Waals surface area contributed by atoms with E-state index in [0.717, 1.165) is 48.6 Å². The summed E-state index contributed by atoms with van der Waals surface area (Å²) in [5.41, 5.74) is 1.37. The van der Waals surface area contributed by atoms with E-state index in [-0.39, 0.29) is 0 Å². The molecule has 0 amide bonds. The number of methoxy groups -OCH3 is 1. The first-order valence-corrected chi connectivity index (χ1v) is 9.50. The molecule has 4 nitrogen and oxygen atoms in total. The highest BCUT2D eigenvalue weighted by molar-refractivity contribution is 9.10. The molecule has 0 aliphatic carbocycles. The molecule has 25 heavy (non-hydrogen) atoms. The summed E-state index contributed by atoms with van der Waals surface area (Å²) in [6.45, 7) is 4.87. The van der Waals surface area contributed by atoms with Gasteiger partial charge in [-0.15, -0.1) is 0 Å². The fourth-order valence-electron chi connectivity index (χ4n) is 3.11. The van der Waals surface area contributed by atoms with Gasteiger partial charge in [0.2, 0.25) is 0 Å². The van der Waals surface area contributed by atoms with Crippen molar-refractivity contribution >= 4 is 15.9 Å². The van der Waals surface area contributed by atoms with Gasteiger partial charge < -0.3 is 14.8 Å². The predicted molar refractivity (Wildman–Crippen MR) is 104 cm³/mol. The number of nitrogens with one attached hydrogen (secondary N) is 1. The first-order chi connectivity index (χ1) is 12.2. The van der Waals surface area contributed by atoms with Crippen molar-refractivity contribution < 1.29 is 9.47 Å². The molecular formula is C20H25BrN2O2. The number of benzene rings is 2. The maximum absolute atomic E-state index is 5.95. The normalized spacial score (nSPS) is 18.1. The first-order valence-electron chi connectivity index (χ1n) is 8.70. The Kier molecular flexibility index (Phi) is 6.73. The van der Waals surface area contributed by atoms with Gasteiger partial charge >= 0.3 is 0 Å². The molecule has 1 aliphatic rings. The fourth-order valence-corrected chi connectivity index (χ4v) is 3.47. The van der Waals surface area contributed by atoms with E-state index in [4.69, 9.17) is 9.47 Å². The molecule has 0 aromatic heterocycles. The molecular weight excluding hydrogens is 380 g/mol. The van der Waals surface area contributed by atoms with E-state index in [1.165, 1.54) is 5.56 Å². The van der Waals surface area contributed by atoms with Gasteiger partial charge in [0.05, 0.1) is 18.2 Å². The fraction of sp³-hybridized carbons (Fsp3) is 0.400. The highest BCUT2D eigenvalue weighted by Crippen LogP contribution is 2.29. The summed E-state index contributed by atoms with van der Waals surface area (Å²) in [4.78, 5) is 2.51. The van der Waals surface area contributed by atoms with Gasteiger partial charge in [0.25, 0.3) is 0 Å². The van der Waals surface area contributed by atoms with Crippen molar-refractivity contribution in [1.82, 2.24) is 10.2 Å². The summed E-state index contributed by atoms with van der Waals surface area (Å²) in [6, 6.07) is 16.9. The van der Waals surface area contributed by atoms with Crippen molar-refractivity contribution in [2.45, 2.75) is 19.0 Å². The summed E-state index contributed by atoms with van der Waals surface area (Å²) < 4.78 is 12.2. The van der Waals surface area contributed by atoms with Gasteiger partial charge in [-0.1, -0.05) is 30.3 Å². The Balaban J connectivity index is 1.47. The standard InChI is InChI=1S/C20H25BrN2O2/c1-24-18-7-8-19(21)20(13-18)25-12-9-17-15-23(11-10-22-17)14-16-5-3-2-4-6-16/h2-8,13,17,22H,9-12,14-15H2,1H3/t17-/m0/s1. The molecule has 3 rings (SSSR count). The summed E-state index contributed by atoms with van der Waals surface area (Å²) in [7, 11) is 1.67. The van der Waals surface area contributed by atoms with Crippen LogP contribution in [0.4, 0.5) is 0 Å². The molecule has 1 atom stereocenters. The molecule has 2 aromatic carbocycles. The van der Waals surface area contributed by atoms with Crippen LogP contribution < -0.4 is 14.8 Å². The summed E-state index contributed by atoms with van der Waals surface area (Å²) in [5.74, 6) is 1.64. The van der Waals surface area contributed by atoms with Crippen molar-refractivity contribution in [3.8, 4) is 11.5 Å². The lowest BCUT2D eigenvalue weighted by atomic mass is 10.1. The van der Waals surface area contributed by atoms with E-state index in [2.05, 4.69) is 56.5 Å². The number of nitrogens with zero attached hydrogens (tertiary/aromatic N) is 1. The van der Waals surface area contributed by atoms with Gasteiger partial charge in [0, 0.05) is 38.3 Å². The molecule has 134 valence electrons. The number of halogens is 1. The lowest BCUT2D eigenvalue weighted by molar-refractivity contribution is 0.172. The average molecular weight is 405 g/mol. The van der Waals surface area contributed by atoms with Crippen LogP contribution in [0.2, 0.25) is 0 Å². The first kappa shape index (κ1) is 18.2. The maximum atomic E-state index is 5.95. The van der Waals surface area contributed by atoms with Gasteiger partial charge in [0.1, 0.15) is 11.5 Å². The van der Waals surface area contributed by atoms with Crippen LogP contribution in [0.25, 0.3) is 0 Å². The molecule has 1 N–H and O–H groups in total. The number of hydrogen-bond acceptors (Lipinski definition) is 4. The smallest absolute Gasteiger partial charge is 0.137 e. The molecule has 0 radical (unpaired) electrons. The highest BCUT2D eigenvalue weighted by Gasteiger charge is 2.19. The molecule has 0 spiro atoms. The third-order valence-electron chi connectivity index (χ3n) is 4.45. The molecule has 2 aromatic rings. The van der Waals surface area contributed by atoms with Crippen LogP contribution in [0.3, 0.4) is 0 Å². The molecule has 5 heteroatoms. The quantitative estimate of drug-likeness (QED) is 0.762. The zero-order valence-electron chi connectivity index (χ0n) is 14.6. The van der Waals surface area contributed by atoms with Crippen LogP contribution >= 0.6 is 15.9 Å². The average Bonchev–Trinajstić information content (AvgIpc) is 2.64. The molecule has 1 aliphatic heterocycles. The lowest BCUT2D eigenvalue weighted by Crippen LogP contribution is -2.50. The summed E-state index contributed by atoms with van der Waals surface area (Å²) in [5, 5.41) is 3.60. The molecule has 0 saturated carbocycles. The van der Waals surface area contributed by atoms with E-state index in [1.807, 2.05) is 18.2 Å². The predicted octanol–water partition coefficient (Wildman–Crippen LogP) is 3.70. The molecule has 1 fully saturated rings. The van der Waals surface area contributed by atoms with E-state index < -0.39 is 0 Å². The van der Waals surface area contributed by atoms with Gasteiger partial charge in [-0.25, -0.2) is 0 Å². The Morgan fingerprint density at radius 2 is 2.04 bits per heavy atom. The van der Waals surface area contributed by atoms with Gasteiger partial charge in [-0.3, -0.25) is 4.90 Å². The third-order valence-corrected chi connectivity index (χ3v) is 5.11. The van der Waals surface area contributed by atoms with Crippen molar-refractivity contribution in [2.75, 3.05) is 33.4 Å². The Morgan fingerprint density at radius 3 is 2.84 bits per heavy atom. The van der Waals surface area contributed by atoms with E-state index in [1.54, 1.807) is 7.11 Å². The van der Waals surface area contributed by atoms with Gasteiger partial charge in [-0.2, -0.15) is 0 Å². The minimum Gasteiger partial charge on any atom is -0.497 e. The van der Waals surface area contributed by atoms with Crippen LogP contribution in [-0.2, 0) is 6.54 Å². The second-order valence-electron chi connectivity index (χ2n) is 6.31. The zero-order valence-corrected chi connectivity index (χ0v) is 16.2. The van der Waals surface area contributed by atoms with Crippen molar-refractivity contribution in [3.05, 3.63) is 58.6 Å². The molecule has 0 unspecified atom stereocenters. The van der Waals surface area contributed by atoms with Gasteiger partial charge in [0.15, 0.2) is 0 Å². The van der Waals surface area contributed by atoms with Crippen LogP contribution in [0.15, 0.2) is 53.0 Å². The SMILES string of the molecule is COc1ccc(Br)c(OCC[C@H]2CN(Cc3ccccc3)CCN2)c1. The summed E-state index contributed by atoms with van der Waals surface area (Å²) in [6.07, 6.45) is 0.981. The van der Waals surface area contributed by atoms with Crippen molar-refractivity contribution in [3.63, 3.8) is 0 Å². The maximum Gasteiger partial charge on any atom is 0.137 e. The van der Waals surface area contributed by atoms with Crippen molar-refractivity contribution in [2.24, 2.45) is 0 Å². The largest absolute Gasteiger partial charge is 0.497 e. The summed E-state index contributed by atoms with van der Waals surface area (Å²) >= 11 is 3.53. The van der Waals surface area contributed by atoms with Crippen LogP contribution in [0.5, 0.6) is 11.5 Å². The second kappa shape index (κ2) is 9.22. The zero-order chi connectivity index (χ0) is 17.5. The molecule has 1 saturated heterocycles. The van der Waals surface area contributed by atoms with Crippen LogP contribution in [0, 0.1) is 0 Å². The highest BCUT2D eigenvalue weighted by atomic mass is 79.9. The van der Waals surface area contributed by atoms with Crippen molar-refractivity contribution in [1.29, 1.82) is 0 Å². The number of piperazine rings is 1. The Labute approximate surface area is 158 Å². The minimum absolute atomic E-state index is 0.460. The topological polar surface area (TPSA) is 33.7 Å². The molecule has 0 bridgehead atoms. The Bertz CT molecular complexity index is 666.